The molecule has 96 valence electrons. The molecular weight excluding hydrogens is 268 g/mol. The van der Waals surface area contributed by atoms with Crippen LogP contribution in [0.4, 0.5) is 0 Å². The van der Waals surface area contributed by atoms with E-state index in [1.165, 1.54) is 11.3 Å². The monoisotopic (exact) mass is 282 g/mol. The Labute approximate surface area is 116 Å². The molecule has 2 rings (SSSR count). The maximum absolute atomic E-state index is 9.70. The molecule has 1 N–H and O–H groups in total. The van der Waals surface area contributed by atoms with Gasteiger partial charge in [-0.3, -0.25) is 0 Å². The number of benzene rings is 1. The van der Waals surface area contributed by atoms with E-state index in [1.807, 2.05) is 37.3 Å². The highest BCUT2D eigenvalue weighted by molar-refractivity contribution is 7.16. The molecule has 0 amide bonds. The number of thiophene rings is 1. The first-order valence-corrected chi connectivity index (χ1v) is 6.91. The van der Waals surface area contributed by atoms with Crippen LogP contribution in [0.15, 0.2) is 30.3 Å². The summed E-state index contributed by atoms with van der Waals surface area (Å²) in [5.74, 6) is 0.731. The summed E-state index contributed by atoms with van der Waals surface area (Å²) in [6.45, 7) is 4.21. The third-order valence-electron chi connectivity index (χ3n) is 2.62. The van der Waals surface area contributed by atoms with Crippen molar-refractivity contribution >= 4 is 22.9 Å². The molecule has 0 bridgehead atoms. The van der Waals surface area contributed by atoms with Crippen molar-refractivity contribution in [3.05, 3.63) is 50.7 Å². The zero-order valence-corrected chi connectivity index (χ0v) is 11.9. The fourth-order valence-electron chi connectivity index (χ4n) is 1.69. The van der Waals surface area contributed by atoms with Gasteiger partial charge in [-0.2, -0.15) is 0 Å². The third kappa shape index (κ3) is 3.25. The smallest absolute Gasteiger partial charge is 0.125 e. The zero-order chi connectivity index (χ0) is 13.1. The molecule has 0 aliphatic rings. The van der Waals surface area contributed by atoms with Crippen molar-refractivity contribution < 1.29 is 9.84 Å². The van der Waals surface area contributed by atoms with E-state index in [0.717, 1.165) is 26.1 Å². The van der Waals surface area contributed by atoms with Crippen LogP contribution in [0.1, 0.15) is 29.0 Å². The summed E-state index contributed by atoms with van der Waals surface area (Å²) in [5, 5.41) is 9.70. The van der Waals surface area contributed by atoms with Gasteiger partial charge in [0, 0.05) is 10.4 Å². The summed E-state index contributed by atoms with van der Waals surface area (Å²) in [5.41, 5.74) is 1.92. The lowest BCUT2D eigenvalue weighted by Gasteiger charge is -2.13. The molecule has 0 aliphatic carbocycles. The van der Waals surface area contributed by atoms with Crippen molar-refractivity contribution in [1.29, 1.82) is 0 Å². The van der Waals surface area contributed by atoms with Gasteiger partial charge in [0.2, 0.25) is 0 Å². The molecular formula is C14H15ClO2S. The summed E-state index contributed by atoms with van der Waals surface area (Å²) in [7, 11) is 0. The van der Waals surface area contributed by atoms with Crippen LogP contribution in [-0.4, -0.2) is 5.11 Å². The minimum Gasteiger partial charge on any atom is -0.488 e. The van der Waals surface area contributed by atoms with E-state index in [1.54, 1.807) is 6.92 Å². The van der Waals surface area contributed by atoms with Crippen LogP contribution in [0.3, 0.4) is 0 Å². The Kier molecular flexibility index (Phi) is 4.27. The van der Waals surface area contributed by atoms with Crippen molar-refractivity contribution in [3.8, 4) is 5.75 Å². The predicted molar refractivity (Wildman–Crippen MR) is 75.5 cm³/mol. The normalized spacial score (nSPS) is 12.4. The quantitative estimate of drug-likeness (QED) is 0.904. The molecule has 1 unspecified atom stereocenters. The molecule has 18 heavy (non-hydrogen) atoms. The standard InChI is InChI=1S/C14H15ClO2S/c1-9-3-5-12(10(2)16)13(7-9)17-8-11-4-6-14(15)18-11/h3-7,10,16H,8H2,1-2H3. The topological polar surface area (TPSA) is 29.5 Å². The van der Waals surface area contributed by atoms with Crippen molar-refractivity contribution in [2.75, 3.05) is 0 Å². The van der Waals surface area contributed by atoms with Gasteiger partial charge in [-0.15, -0.1) is 11.3 Å². The maximum Gasteiger partial charge on any atom is 0.125 e. The van der Waals surface area contributed by atoms with Crippen LogP contribution < -0.4 is 4.74 Å². The molecule has 4 heteroatoms. The minimum atomic E-state index is -0.535. The summed E-state index contributed by atoms with van der Waals surface area (Å²) < 4.78 is 6.53. The molecule has 2 nitrogen and oxygen atoms in total. The van der Waals surface area contributed by atoms with E-state index in [0.29, 0.717) is 6.61 Å². The van der Waals surface area contributed by atoms with Gasteiger partial charge < -0.3 is 9.84 Å². The van der Waals surface area contributed by atoms with E-state index >= 15 is 0 Å². The Balaban J connectivity index is 2.15. The first-order chi connectivity index (χ1) is 8.56. The number of hydrogen-bond acceptors (Lipinski definition) is 3. The largest absolute Gasteiger partial charge is 0.488 e. The molecule has 1 aromatic carbocycles. The summed E-state index contributed by atoms with van der Waals surface area (Å²) in [4.78, 5) is 1.07. The Hall–Kier alpha value is -1.03. The molecule has 0 spiro atoms. The summed E-state index contributed by atoms with van der Waals surface area (Å²) in [6, 6.07) is 9.62. The number of aliphatic hydroxyl groups excluding tert-OH is 1. The second-order valence-electron chi connectivity index (χ2n) is 4.21. The molecule has 0 fully saturated rings. The van der Waals surface area contributed by atoms with E-state index in [-0.39, 0.29) is 0 Å². The van der Waals surface area contributed by atoms with E-state index in [9.17, 15) is 5.11 Å². The number of aryl methyl sites for hydroxylation is 1. The summed E-state index contributed by atoms with van der Waals surface area (Å²) >= 11 is 7.38. The number of rotatable bonds is 4. The number of halogens is 1. The Morgan fingerprint density at radius 2 is 2.11 bits per heavy atom. The third-order valence-corrected chi connectivity index (χ3v) is 3.82. The van der Waals surface area contributed by atoms with Crippen molar-refractivity contribution in [2.24, 2.45) is 0 Å². The fourth-order valence-corrected chi connectivity index (χ4v) is 2.69. The highest BCUT2D eigenvalue weighted by Gasteiger charge is 2.10. The Morgan fingerprint density at radius 1 is 1.33 bits per heavy atom. The van der Waals surface area contributed by atoms with Gasteiger partial charge in [-0.25, -0.2) is 0 Å². The van der Waals surface area contributed by atoms with Crippen LogP contribution in [0, 0.1) is 6.92 Å². The van der Waals surface area contributed by atoms with Gasteiger partial charge in [-0.05, 0) is 37.6 Å². The molecule has 0 radical (unpaired) electrons. The van der Waals surface area contributed by atoms with Gasteiger partial charge in [-0.1, -0.05) is 23.7 Å². The average Bonchev–Trinajstić information content (AvgIpc) is 2.72. The number of ether oxygens (including phenoxy) is 1. The molecule has 1 aromatic heterocycles. The lowest BCUT2D eigenvalue weighted by atomic mass is 10.1. The fraction of sp³-hybridized carbons (Fsp3) is 0.286. The van der Waals surface area contributed by atoms with Gasteiger partial charge in [0.05, 0.1) is 10.4 Å². The highest BCUT2D eigenvalue weighted by Crippen LogP contribution is 2.28. The molecule has 0 saturated carbocycles. The van der Waals surface area contributed by atoms with Gasteiger partial charge in [0.25, 0.3) is 0 Å². The van der Waals surface area contributed by atoms with Crippen LogP contribution in [-0.2, 0) is 6.61 Å². The molecule has 1 atom stereocenters. The van der Waals surface area contributed by atoms with Gasteiger partial charge >= 0.3 is 0 Å². The Morgan fingerprint density at radius 3 is 2.72 bits per heavy atom. The second kappa shape index (κ2) is 5.74. The zero-order valence-electron chi connectivity index (χ0n) is 10.3. The van der Waals surface area contributed by atoms with Gasteiger partial charge in [0.1, 0.15) is 12.4 Å². The van der Waals surface area contributed by atoms with Crippen LogP contribution in [0.5, 0.6) is 5.75 Å². The average molecular weight is 283 g/mol. The highest BCUT2D eigenvalue weighted by atomic mass is 35.5. The van der Waals surface area contributed by atoms with E-state index in [2.05, 4.69) is 0 Å². The van der Waals surface area contributed by atoms with E-state index in [4.69, 9.17) is 16.3 Å². The molecule has 0 saturated heterocycles. The number of hydrogen-bond donors (Lipinski definition) is 1. The molecule has 0 aliphatic heterocycles. The predicted octanol–water partition coefficient (Wildman–Crippen LogP) is 4.34. The summed E-state index contributed by atoms with van der Waals surface area (Å²) in [6.07, 6.45) is -0.535. The van der Waals surface area contributed by atoms with Crippen LogP contribution in [0.25, 0.3) is 0 Å². The van der Waals surface area contributed by atoms with Crippen LogP contribution >= 0.6 is 22.9 Å². The second-order valence-corrected chi connectivity index (χ2v) is 6.01. The lowest BCUT2D eigenvalue weighted by molar-refractivity contribution is 0.190. The van der Waals surface area contributed by atoms with Crippen molar-refractivity contribution in [2.45, 2.75) is 26.6 Å². The number of aliphatic hydroxyl groups is 1. The van der Waals surface area contributed by atoms with Crippen molar-refractivity contribution in [3.63, 3.8) is 0 Å². The van der Waals surface area contributed by atoms with Crippen molar-refractivity contribution in [1.82, 2.24) is 0 Å². The van der Waals surface area contributed by atoms with Gasteiger partial charge in [0.15, 0.2) is 0 Å². The SMILES string of the molecule is Cc1ccc(C(C)O)c(OCc2ccc(Cl)s2)c1. The lowest BCUT2D eigenvalue weighted by Crippen LogP contribution is -2.00. The molecule has 2 aromatic rings. The minimum absolute atomic E-state index is 0.473. The first-order valence-electron chi connectivity index (χ1n) is 5.72. The Bertz CT molecular complexity index is 534. The first kappa shape index (κ1) is 13.4. The van der Waals surface area contributed by atoms with Crippen LogP contribution in [0.2, 0.25) is 4.34 Å². The molecule has 1 heterocycles. The van der Waals surface area contributed by atoms with E-state index < -0.39 is 6.10 Å². The maximum atomic E-state index is 9.70.